The summed E-state index contributed by atoms with van der Waals surface area (Å²) in [6.07, 6.45) is 9.95. The number of benzene rings is 5. The maximum atomic E-state index is 4.05. The van der Waals surface area contributed by atoms with Gasteiger partial charge in [-0.2, -0.15) is 0 Å². The fourth-order valence-corrected chi connectivity index (χ4v) is 9.28. The number of aromatic amines is 1. The maximum absolute atomic E-state index is 4.05. The van der Waals surface area contributed by atoms with Gasteiger partial charge in [0.05, 0.1) is 10.6 Å². The van der Waals surface area contributed by atoms with Gasteiger partial charge in [0.2, 0.25) is 0 Å². The first-order chi connectivity index (χ1) is 28.4. The van der Waals surface area contributed by atoms with Gasteiger partial charge >= 0.3 is 0 Å². The van der Waals surface area contributed by atoms with Crippen molar-refractivity contribution >= 4 is 61.5 Å². The van der Waals surface area contributed by atoms with Crippen molar-refractivity contribution in [3.8, 4) is 27.4 Å². The van der Waals surface area contributed by atoms with E-state index in [0.29, 0.717) is 0 Å². The maximum Gasteiger partial charge on any atom is 0.0669 e. The molecule has 0 saturated carbocycles. The van der Waals surface area contributed by atoms with Crippen molar-refractivity contribution in [2.45, 2.75) is 81.6 Å². The summed E-state index contributed by atoms with van der Waals surface area (Å²) in [6.45, 7) is 23.0. The minimum atomic E-state index is 1.03. The summed E-state index contributed by atoms with van der Waals surface area (Å²) in [4.78, 5) is 7.19. The molecule has 5 aromatic carbocycles. The van der Waals surface area contributed by atoms with Crippen molar-refractivity contribution in [2.24, 2.45) is 0 Å². The van der Waals surface area contributed by atoms with Crippen LogP contribution in [0.4, 0.5) is 17.1 Å². The topological polar surface area (TPSA) is 24.0 Å². The van der Waals surface area contributed by atoms with Gasteiger partial charge in [0.1, 0.15) is 0 Å². The van der Waals surface area contributed by atoms with Gasteiger partial charge < -0.3 is 14.5 Å². The Morgan fingerprint density at radius 2 is 1.31 bits per heavy atom. The molecule has 3 heterocycles. The zero-order valence-corrected chi connectivity index (χ0v) is 36.7. The summed E-state index contributed by atoms with van der Waals surface area (Å²) < 4.78 is 3.88. The number of H-pyrrole nitrogens is 1. The van der Waals surface area contributed by atoms with Crippen LogP contribution in [0.25, 0.3) is 60.5 Å². The Morgan fingerprint density at radius 1 is 0.707 bits per heavy atom. The van der Waals surface area contributed by atoms with Crippen LogP contribution >= 0.6 is 11.3 Å². The van der Waals surface area contributed by atoms with E-state index in [9.17, 15) is 0 Å². The summed E-state index contributed by atoms with van der Waals surface area (Å²) >= 11 is 1.91. The molecule has 0 unspecified atom stereocenters. The smallest absolute Gasteiger partial charge is 0.0669 e. The van der Waals surface area contributed by atoms with Crippen molar-refractivity contribution in [3.63, 3.8) is 0 Å². The van der Waals surface area contributed by atoms with E-state index in [0.717, 1.165) is 41.1 Å². The Labute approximate surface area is 351 Å². The second kappa shape index (κ2) is 19.1. The highest BCUT2D eigenvalue weighted by Gasteiger charge is 2.25. The minimum absolute atomic E-state index is 1.03. The molecule has 1 N–H and O–H groups in total. The predicted molar refractivity (Wildman–Crippen MR) is 259 cm³/mol. The first-order valence-corrected chi connectivity index (χ1v) is 21.9. The van der Waals surface area contributed by atoms with E-state index >= 15 is 0 Å². The largest absolute Gasteiger partial charge is 0.358 e. The van der Waals surface area contributed by atoms with Gasteiger partial charge in [-0.05, 0) is 134 Å². The SMILES string of the molecule is C=Cc1c(C)[nH]c2ccc(-c3ccc(N(c4ccccc4)c4ccc(-n5c6c(c(C)c5-c5sc7ccccc7c5C)C=CCC6)cc4)cc3)cc12.CC.CC.CCC. The number of thiophene rings is 1. The van der Waals surface area contributed by atoms with Gasteiger partial charge in [0, 0.05) is 55.3 Å². The van der Waals surface area contributed by atoms with Gasteiger partial charge in [0.15, 0.2) is 0 Å². The number of nitrogens with zero attached hydrogens (tertiary/aromatic N) is 2. The lowest BCUT2D eigenvalue weighted by Crippen LogP contribution is -2.10. The molecule has 0 amide bonds. The molecule has 8 aromatic rings. The van der Waals surface area contributed by atoms with Crippen LogP contribution in [0.1, 0.15) is 88.0 Å². The molecule has 3 nitrogen and oxygen atoms in total. The molecule has 9 rings (SSSR count). The number of nitrogens with one attached hydrogen (secondary N) is 1. The molecule has 296 valence electrons. The second-order valence-corrected chi connectivity index (χ2v) is 15.3. The Bertz CT molecular complexity index is 2630. The average molecular weight is 782 g/mol. The van der Waals surface area contributed by atoms with E-state index in [4.69, 9.17) is 0 Å². The normalized spacial score (nSPS) is 11.5. The number of hydrogen-bond donors (Lipinski definition) is 1. The van der Waals surface area contributed by atoms with E-state index in [-0.39, 0.29) is 0 Å². The highest BCUT2D eigenvalue weighted by molar-refractivity contribution is 7.22. The van der Waals surface area contributed by atoms with Crippen LogP contribution in [-0.4, -0.2) is 9.55 Å². The minimum Gasteiger partial charge on any atom is -0.358 e. The molecule has 4 heteroatoms. The molecular formula is C54H59N3S. The third-order valence-corrected chi connectivity index (χ3v) is 11.8. The van der Waals surface area contributed by atoms with Crippen molar-refractivity contribution in [2.75, 3.05) is 4.90 Å². The lowest BCUT2D eigenvalue weighted by Gasteiger charge is -2.26. The van der Waals surface area contributed by atoms with Crippen LogP contribution in [0.3, 0.4) is 0 Å². The van der Waals surface area contributed by atoms with Crippen molar-refractivity contribution < 1.29 is 0 Å². The van der Waals surface area contributed by atoms with Crippen molar-refractivity contribution in [1.82, 2.24) is 9.55 Å². The summed E-state index contributed by atoms with van der Waals surface area (Å²) in [7, 11) is 0. The van der Waals surface area contributed by atoms with Crippen molar-refractivity contribution in [3.05, 3.63) is 168 Å². The molecule has 3 aromatic heterocycles. The number of allylic oxidation sites excluding steroid dienone is 1. The Balaban J connectivity index is 0.000000765. The van der Waals surface area contributed by atoms with Gasteiger partial charge in [-0.1, -0.05) is 127 Å². The second-order valence-electron chi connectivity index (χ2n) is 14.2. The number of fused-ring (bicyclic) bond motifs is 3. The molecule has 1 aliphatic carbocycles. The first-order valence-electron chi connectivity index (χ1n) is 21.1. The molecule has 0 saturated heterocycles. The lowest BCUT2D eigenvalue weighted by molar-refractivity contribution is 0.879. The van der Waals surface area contributed by atoms with Gasteiger partial charge in [-0.25, -0.2) is 0 Å². The molecule has 0 spiro atoms. The van der Waals surface area contributed by atoms with Crippen molar-refractivity contribution in [1.29, 1.82) is 0 Å². The number of para-hydroxylation sites is 1. The van der Waals surface area contributed by atoms with Crippen LogP contribution in [0.2, 0.25) is 0 Å². The zero-order valence-electron chi connectivity index (χ0n) is 35.9. The highest BCUT2D eigenvalue weighted by Crippen LogP contribution is 2.45. The number of hydrogen-bond acceptors (Lipinski definition) is 2. The van der Waals surface area contributed by atoms with E-state index < -0.39 is 0 Å². The third-order valence-electron chi connectivity index (χ3n) is 10.5. The van der Waals surface area contributed by atoms with Crippen LogP contribution in [0, 0.1) is 20.8 Å². The Kier molecular flexibility index (Phi) is 13.7. The van der Waals surface area contributed by atoms with E-state index in [2.05, 4.69) is 189 Å². The van der Waals surface area contributed by atoms with Gasteiger partial charge in [0.25, 0.3) is 0 Å². The molecule has 58 heavy (non-hydrogen) atoms. The fourth-order valence-electron chi connectivity index (χ4n) is 7.98. The number of aryl methyl sites for hydroxylation is 2. The first kappa shape index (κ1) is 41.8. The summed E-state index contributed by atoms with van der Waals surface area (Å²) in [6, 6.07) is 44.2. The average Bonchev–Trinajstić information content (AvgIpc) is 3.89. The van der Waals surface area contributed by atoms with Gasteiger partial charge in [-0.3, -0.25) is 0 Å². The lowest BCUT2D eigenvalue weighted by atomic mass is 10.0. The van der Waals surface area contributed by atoms with Crippen LogP contribution in [0.5, 0.6) is 0 Å². The monoisotopic (exact) mass is 781 g/mol. The van der Waals surface area contributed by atoms with E-state index in [1.807, 2.05) is 45.1 Å². The Hall–Kier alpha value is -5.84. The van der Waals surface area contributed by atoms with E-state index in [1.54, 1.807) is 0 Å². The molecule has 0 radical (unpaired) electrons. The summed E-state index contributed by atoms with van der Waals surface area (Å²) in [5, 5.41) is 2.55. The fraction of sp³-hybridized carbons (Fsp3) is 0.222. The molecule has 0 bridgehead atoms. The third kappa shape index (κ3) is 7.99. The summed E-state index contributed by atoms with van der Waals surface area (Å²) in [5.41, 5.74) is 17.2. The quantitative estimate of drug-likeness (QED) is 0.171. The van der Waals surface area contributed by atoms with Crippen LogP contribution in [-0.2, 0) is 6.42 Å². The number of aromatic nitrogens is 2. The summed E-state index contributed by atoms with van der Waals surface area (Å²) in [5.74, 6) is 0. The predicted octanol–water partition coefficient (Wildman–Crippen LogP) is 17.0. The Morgan fingerprint density at radius 3 is 1.97 bits per heavy atom. The molecule has 1 aliphatic rings. The van der Waals surface area contributed by atoms with Crippen LogP contribution < -0.4 is 4.90 Å². The number of rotatable bonds is 7. The molecule has 0 atom stereocenters. The van der Waals surface area contributed by atoms with Gasteiger partial charge in [-0.15, -0.1) is 11.3 Å². The zero-order chi connectivity index (χ0) is 41.3. The van der Waals surface area contributed by atoms with E-state index in [1.165, 1.54) is 77.2 Å². The molecular weight excluding hydrogens is 723 g/mol. The highest BCUT2D eigenvalue weighted by atomic mass is 32.1. The molecule has 0 fully saturated rings. The van der Waals surface area contributed by atoms with Crippen LogP contribution in [0.15, 0.2) is 134 Å². The molecule has 0 aliphatic heterocycles. The number of anilines is 3. The standard InChI is InChI=1S/C47H39N3S.C3H8.2C2H6/c1-5-39-32(4)48-43-28-21-34(29-42(39)43)33-19-22-36(23-20-33)49(35-13-7-6-8-14-35)37-24-26-38(27-25-37)50-44-17-11-9-15-40(44)30(2)46(50)47-31(3)41-16-10-12-18-45(41)51-47;1-3-2;2*1-2/h5-10,12-16,18-29,48H,1,11,17H2,2-4H3;3H2,1-2H3;2*1-2H3.